The monoisotopic (exact) mass is 194 g/mol. The number of aliphatic carboxylic acids is 1. The minimum atomic E-state index is -2.59. The van der Waals surface area contributed by atoms with E-state index in [2.05, 4.69) is 0 Å². The van der Waals surface area contributed by atoms with E-state index in [0.29, 0.717) is 0 Å². The average Bonchev–Trinajstić information content (AvgIpc) is 2.00. The summed E-state index contributed by atoms with van der Waals surface area (Å²) in [6, 6.07) is -0.997. The summed E-state index contributed by atoms with van der Waals surface area (Å²) in [4.78, 5) is 10.2. The van der Waals surface area contributed by atoms with Crippen molar-refractivity contribution in [2.45, 2.75) is 19.4 Å². The van der Waals surface area contributed by atoms with Gasteiger partial charge in [-0.05, 0) is 6.42 Å². The van der Waals surface area contributed by atoms with Crippen LogP contribution in [0, 0.1) is 4.78 Å². The number of hydrogen-bond acceptors (Lipinski definition) is 4. The second-order valence-corrected chi connectivity index (χ2v) is 5.15. The van der Waals surface area contributed by atoms with Crippen molar-refractivity contribution >= 4 is 15.7 Å². The molecule has 0 aromatic rings. The molecule has 2 atom stereocenters. The molecule has 0 radical (unpaired) electrons. The maximum absolute atomic E-state index is 11.1. The summed E-state index contributed by atoms with van der Waals surface area (Å²) in [5.41, 5.74) is 5.17. The zero-order chi connectivity index (χ0) is 9.78. The lowest BCUT2D eigenvalue weighted by Crippen LogP contribution is -2.32. The Morgan fingerprint density at radius 1 is 1.75 bits per heavy atom. The van der Waals surface area contributed by atoms with Gasteiger partial charge in [-0.25, -0.2) is 4.21 Å². The first-order valence-electron chi connectivity index (χ1n) is 3.61. The minimum absolute atomic E-state index is 0.0664. The lowest BCUT2D eigenvalue weighted by molar-refractivity contribution is -0.138. The summed E-state index contributed by atoms with van der Waals surface area (Å²) in [5.74, 6) is -0.794. The largest absolute Gasteiger partial charge is 0.480 e. The van der Waals surface area contributed by atoms with Crippen LogP contribution in [-0.2, 0) is 14.5 Å². The molecule has 0 rings (SSSR count). The molecule has 0 aliphatic rings. The molecular formula is C6H14N2O3S. The maximum Gasteiger partial charge on any atom is 0.320 e. The van der Waals surface area contributed by atoms with Gasteiger partial charge in [0.15, 0.2) is 0 Å². The average molecular weight is 194 g/mol. The van der Waals surface area contributed by atoms with E-state index >= 15 is 0 Å². The molecule has 0 aliphatic heterocycles. The third-order valence-corrected chi connectivity index (χ3v) is 3.37. The first-order valence-corrected chi connectivity index (χ1v) is 5.51. The van der Waals surface area contributed by atoms with Gasteiger partial charge in [0.1, 0.15) is 6.04 Å². The van der Waals surface area contributed by atoms with Crippen molar-refractivity contribution in [2.24, 2.45) is 5.73 Å². The van der Waals surface area contributed by atoms with Gasteiger partial charge in [0.25, 0.3) is 0 Å². The van der Waals surface area contributed by atoms with Gasteiger partial charge >= 0.3 is 5.97 Å². The third-order valence-electron chi connectivity index (χ3n) is 1.54. The fourth-order valence-electron chi connectivity index (χ4n) is 0.585. The zero-order valence-corrected chi connectivity index (χ0v) is 7.76. The molecule has 0 fully saturated rings. The van der Waals surface area contributed by atoms with Crippen LogP contribution >= 0.6 is 0 Å². The minimum Gasteiger partial charge on any atom is -0.480 e. The number of carboxylic acid groups (broad SMARTS) is 1. The molecule has 6 heteroatoms. The summed E-state index contributed by atoms with van der Waals surface area (Å²) in [6.45, 7) is 1.64. The Hall–Kier alpha value is -0.620. The molecule has 0 aromatic carbocycles. The van der Waals surface area contributed by atoms with E-state index in [4.69, 9.17) is 15.6 Å². The van der Waals surface area contributed by atoms with Crippen molar-refractivity contribution < 1.29 is 14.1 Å². The van der Waals surface area contributed by atoms with E-state index in [1.54, 1.807) is 6.92 Å². The molecule has 5 nitrogen and oxygen atoms in total. The molecule has 0 bridgehead atoms. The van der Waals surface area contributed by atoms with Crippen LogP contribution in [0.4, 0.5) is 0 Å². The van der Waals surface area contributed by atoms with Gasteiger partial charge in [-0.2, -0.15) is 0 Å². The van der Waals surface area contributed by atoms with E-state index < -0.39 is 21.7 Å². The summed E-state index contributed by atoms with van der Waals surface area (Å²) in [6.07, 6.45) is 0.103. The second kappa shape index (κ2) is 4.42. The first kappa shape index (κ1) is 11.4. The van der Waals surface area contributed by atoms with Crippen LogP contribution in [0.1, 0.15) is 13.3 Å². The summed E-state index contributed by atoms with van der Waals surface area (Å²) < 4.78 is 18.3. The molecule has 0 aliphatic carbocycles. The van der Waals surface area contributed by atoms with E-state index in [1.165, 1.54) is 0 Å². The predicted molar refractivity (Wildman–Crippen MR) is 46.5 cm³/mol. The van der Waals surface area contributed by atoms with Crippen molar-refractivity contribution in [3.05, 3.63) is 0 Å². The van der Waals surface area contributed by atoms with Gasteiger partial charge in [-0.3, -0.25) is 9.57 Å². The second-order valence-electron chi connectivity index (χ2n) is 2.54. The Bertz CT molecular complexity index is 248. The molecule has 0 spiro atoms. The van der Waals surface area contributed by atoms with Gasteiger partial charge in [0.05, 0.1) is 0 Å². The van der Waals surface area contributed by atoms with Gasteiger partial charge < -0.3 is 10.8 Å². The highest BCUT2D eigenvalue weighted by Crippen LogP contribution is 1.97. The van der Waals surface area contributed by atoms with Crippen LogP contribution < -0.4 is 5.73 Å². The van der Waals surface area contributed by atoms with E-state index in [-0.39, 0.29) is 17.9 Å². The maximum atomic E-state index is 11.1. The molecule has 0 saturated carbocycles. The van der Waals surface area contributed by atoms with Gasteiger partial charge in [0, 0.05) is 21.2 Å². The molecule has 4 N–H and O–H groups in total. The van der Waals surface area contributed by atoms with Crippen LogP contribution in [0.2, 0.25) is 0 Å². The number of nitrogens with two attached hydrogens (primary N) is 1. The van der Waals surface area contributed by atoms with Gasteiger partial charge in [0.2, 0.25) is 0 Å². The van der Waals surface area contributed by atoms with Crippen LogP contribution in [0.5, 0.6) is 0 Å². The van der Waals surface area contributed by atoms with Gasteiger partial charge in [-0.1, -0.05) is 6.92 Å². The van der Waals surface area contributed by atoms with Crippen molar-refractivity contribution in [3.63, 3.8) is 0 Å². The van der Waals surface area contributed by atoms with Crippen LogP contribution in [0.3, 0.4) is 0 Å². The zero-order valence-electron chi connectivity index (χ0n) is 6.95. The highest BCUT2D eigenvalue weighted by atomic mass is 32.2. The summed E-state index contributed by atoms with van der Waals surface area (Å²) in [7, 11) is -2.59. The molecule has 2 unspecified atom stereocenters. The molecular weight excluding hydrogens is 180 g/mol. The highest BCUT2D eigenvalue weighted by molar-refractivity contribution is 7.92. The third kappa shape index (κ3) is 4.30. The van der Waals surface area contributed by atoms with Crippen molar-refractivity contribution in [1.82, 2.24) is 0 Å². The quantitative estimate of drug-likeness (QED) is 0.566. The van der Waals surface area contributed by atoms with E-state index in [1.807, 2.05) is 0 Å². The predicted octanol–water partition coefficient (Wildman–Crippen LogP) is -0.145. The van der Waals surface area contributed by atoms with Gasteiger partial charge in [-0.15, -0.1) is 0 Å². The normalized spacial score (nSPS) is 18.2. The Labute approximate surface area is 71.9 Å². The van der Waals surface area contributed by atoms with E-state index in [0.717, 1.165) is 0 Å². The fraction of sp³-hybridized carbons (Fsp3) is 0.833. The van der Waals surface area contributed by atoms with E-state index in [9.17, 15) is 9.00 Å². The first-order chi connectivity index (χ1) is 5.39. The fourth-order valence-corrected chi connectivity index (χ4v) is 1.51. The molecule has 0 aromatic heterocycles. The molecule has 0 amide bonds. The Morgan fingerprint density at radius 3 is 2.58 bits per heavy atom. The molecule has 72 valence electrons. The SMILES string of the molecule is CCS(=N)(=O)CCC(N)C(=O)O. The van der Waals surface area contributed by atoms with Crippen LogP contribution in [0.15, 0.2) is 0 Å². The van der Waals surface area contributed by atoms with Crippen molar-refractivity contribution in [2.75, 3.05) is 11.5 Å². The van der Waals surface area contributed by atoms with Crippen LogP contribution in [0.25, 0.3) is 0 Å². The lowest BCUT2D eigenvalue weighted by atomic mass is 10.2. The molecule has 12 heavy (non-hydrogen) atoms. The van der Waals surface area contributed by atoms with Crippen molar-refractivity contribution in [3.8, 4) is 0 Å². The van der Waals surface area contributed by atoms with Crippen molar-refractivity contribution in [1.29, 1.82) is 4.78 Å². The Balaban J connectivity index is 3.92. The van der Waals surface area contributed by atoms with Crippen LogP contribution in [-0.4, -0.2) is 32.8 Å². The topological polar surface area (TPSA) is 104 Å². The molecule has 0 saturated heterocycles. The molecule has 0 heterocycles. The smallest absolute Gasteiger partial charge is 0.320 e. The number of rotatable bonds is 5. The lowest BCUT2D eigenvalue weighted by Gasteiger charge is -2.07. The highest BCUT2D eigenvalue weighted by Gasteiger charge is 2.13. The Kier molecular flexibility index (Phi) is 4.19. The number of carbonyl (C=O) groups is 1. The number of hydrogen-bond donors (Lipinski definition) is 3. The summed E-state index contributed by atoms with van der Waals surface area (Å²) >= 11 is 0. The standard InChI is InChI=1S/C6H14N2O3S/c1-2-12(8,11)4-3-5(7)6(9)10/h5,8H,2-4,7H2,1H3,(H,9,10). The Morgan fingerprint density at radius 2 is 2.25 bits per heavy atom. The number of nitrogens with one attached hydrogen (secondary N) is 1. The number of carboxylic acids is 1. The summed E-state index contributed by atoms with van der Waals surface area (Å²) in [5, 5.41) is 8.37.